The highest BCUT2D eigenvalue weighted by atomic mass is 19.1. The highest BCUT2D eigenvalue weighted by Crippen LogP contribution is 2.40. The smallest absolute Gasteiger partial charge is 0.295 e. The zero-order chi connectivity index (χ0) is 15.3. The maximum absolute atomic E-state index is 13.0. The van der Waals surface area contributed by atoms with E-state index in [2.05, 4.69) is 17.2 Å². The third-order valence-electron chi connectivity index (χ3n) is 4.17. The summed E-state index contributed by atoms with van der Waals surface area (Å²) in [5, 5.41) is 13.1. The lowest BCUT2D eigenvalue weighted by Crippen LogP contribution is -2.43. The van der Waals surface area contributed by atoms with Crippen LogP contribution in [0.15, 0.2) is 24.3 Å². The maximum atomic E-state index is 13.0. The van der Waals surface area contributed by atoms with Crippen molar-refractivity contribution >= 4 is 5.91 Å². The largest absolute Gasteiger partial charge is 0.392 e. The van der Waals surface area contributed by atoms with Gasteiger partial charge in [-0.25, -0.2) is 4.39 Å². The van der Waals surface area contributed by atoms with Gasteiger partial charge in [0.2, 0.25) is 0 Å². The molecule has 1 saturated carbocycles. The fourth-order valence-electron chi connectivity index (χ4n) is 3.02. The second-order valence-electron chi connectivity index (χ2n) is 5.63. The van der Waals surface area contributed by atoms with E-state index in [1.54, 1.807) is 19.1 Å². The number of amides is 1. The number of carbonyl (C=O) groups excluding carboxylic acids is 1. The van der Waals surface area contributed by atoms with E-state index in [0.717, 1.165) is 24.8 Å². The fourth-order valence-corrected chi connectivity index (χ4v) is 3.02. The number of benzene rings is 1. The minimum atomic E-state index is -0.461. The van der Waals surface area contributed by atoms with Gasteiger partial charge in [-0.3, -0.25) is 4.79 Å². The summed E-state index contributed by atoms with van der Waals surface area (Å²) in [7, 11) is 0. The summed E-state index contributed by atoms with van der Waals surface area (Å²) in [4.78, 5) is 11.5. The lowest BCUT2D eigenvalue weighted by Gasteiger charge is -2.33. The predicted molar refractivity (Wildman–Crippen MR) is 78.9 cm³/mol. The Bertz CT molecular complexity index is 558. The van der Waals surface area contributed by atoms with Crippen molar-refractivity contribution in [2.45, 2.75) is 38.7 Å². The Labute approximate surface area is 124 Å². The van der Waals surface area contributed by atoms with Gasteiger partial charge in [0, 0.05) is 12.0 Å². The van der Waals surface area contributed by atoms with Crippen molar-refractivity contribution in [2.75, 3.05) is 6.54 Å². The van der Waals surface area contributed by atoms with Gasteiger partial charge in [0.15, 0.2) is 0 Å². The molecule has 3 nitrogen and oxygen atoms in total. The molecule has 0 aliphatic heterocycles. The van der Waals surface area contributed by atoms with Gasteiger partial charge in [0.25, 0.3) is 5.91 Å². The van der Waals surface area contributed by atoms with Crippen molar-refractivity contribution in [1.29, 1.82) is 0 Å². The predicted octanol–water partition coefficient (Wildman–Crippen LogP) is 2.04. The molecule has 2 atom stereocenters. The molecule has 1 aliphatic rings. The van der Waals surface area contributed by atoms with E-state index >= 15 is 0 Å². The number of hydrogen-bond acceptors (Lipinski definition) is 2. The molecule has 112 valence electrons. The van der Waals surface area contributed by atoms with Gasteiger partial charge in [0.05, 0.1) is 6.10 Å². The summed E-state index contributed by atoms with van der Waals surface area (Å²) in [5.74, 6) is 4.40. The van der Waals surface area contributed by atoms with Crippen LogP contribution in [0.4, 0.5) is 4.39 Å². The molecule has 0 spiro atoms. The minimum absolute atomic E-state index is 0.272. The van der Waals surface area contributed by atoms with E-state index in [1.807, 2.05) is 0 Å². The lowest BCUT2D eigenvalue weighted by atomic mass is 9.78. The van der Waals surface area contributed by atoms with Gasteiger partial charge in [-0.1, -0.05) is 24.5 Å². The van der Waals surface area contributed by atoms with Gasteiger partial charge in [0.1, 0.15) is 5.82 Å². The Morgan fingerprint density at radius 3 is 2.76 bits per heavy atom. The Morgan fingerprint density at radius 2 is 2.19 bits per heavy atom. The molecular formula is C17H20FNO2. The van der Waals surface area contributed by atoms with Crippen molar-refractivity contribution < 1.29 is 14.3 Å². The van der Waals surface area contributed by atoms with Crippen LogP contribution >= 0.6 is 0 Å². The van der Waals surface area contributed by atoms with Crippen LogP contribution in [0.25, 0.3) is 0 Å². The van der Waals surface area contributed by atoms with Gasteiger partial charge in [-0.05, 0) is 49.8 Å². The van der Waals surface area contributed by atoms with Crippen LogP contribution in [-0.4, -0.2) is 23.7 Å². The van der Waals surface area contributed by atoms with Gasteiger partial charge in [-0.15, -0.1) is 0 Å². The average Bonchev–Trinajstić information content (AvgIpc) is 2.81. The minimum Gasteiger partial charge on any atom is -0.392 e. The van der Waals surface area contributed by atoms with E-state index in [0.29, 0.717) is 13.0 Å². The molecule has 0 radical (unpaired) electrons. The normalized spacial score (nSPS) is 24.2. The molecule has 0 saturated heterocycles. The van der Waals surface area contributed by atoms with Crippen LogP contribution < -0.4 is 5.32 Å². The number of carbonyl (C=O) groups is 1. The number of nitrogens with one attached hydrogen (secondary N) is 1. The molecule has 1 aromatic rings. The number of rotatable bonds is 4. The van der Waals surface area contributed by atoms with Crippen LogP contribution in [-0.2, 0) is 11.2 Å². The second-order valence-corrected chi connectivity index (χ2v) is 5.63. The third-order valence-corrected chi connectivity index (χ3v) is 4.17. The van der Waals surface area contributed by atoms with Crippen molar-refractivity contribution in [2.24, 2.45) is 5.41 Å². The number of halogens is 1. The molecule has 1 aromatic carbocycles. The van der Waals surface area contributed by atoms with E-state index in [-0.39, 0.29) is 17.1 Å². The van der Waals surface area contributed by atoms with Crippen LogP contribution in [0.3, 0.4) is 0 Å². The Hall–Kier alpha value is -1.86. The average molecular weight is 289 g/mol. The molecule has 0 bridgehead atoms. The first-order chi connectivity index (χ1) is 10.1. The highest BCUT2D eigenvalue weighted by molar-refractivity contribution is 5.93. The van der Waals surface area contributed by atoms with Crippen molar-refractivity contribution in [3.63, 3.8) is 0 Å². The van der Waals surface area contributed by atoms with Crippen LogP contribution in [0, 0.1) is 23.1 Å². The molecule has 0 heterocycles. The summed E-state index contributed by atoms with van der Waals surface area (Å²) in [6.45, 7) is 2.00. The van der Waals surface area contributed by atoms with Crippen LogP contribution in [0.2, 0.25) is 0 Å². The molecular weight excluding hydrogens is 269 g/mol. The van der Waals surface area contributed by atoms with Crippen molar-refractivity contribution in [1.82, 2.24) is 5.32 Å². The van der Waals surface area contributed by atoms with Crippen LogP contribution in [0.1, 0.15) is 31.7 Å². The monoisotopic (exact) mass is 289 g/mol. The molecule has 0 unspecified atom stereocenters. The molecule has 4 heteroatoms. The SMILES string of the molecule is CC#CC(=O)NC[C@@]1(Cc2ccc(F)cc2)CCC[C@@H]1O. The summed E-state index contributed by atoms with van der Waals surface area (Å²) in [5.41, 5.74) is 0.580. The first-order valence-electron chi connectivity index (χ1n) is 7.19. The first kappa shape index (κ1) is 15.5. The standard InChI is InChI=1S/C17H20FNO2/c1-2-4-16(21)19-12-17(10-3-5-15(17)20)11-13-6-8-14(18)9-7-13/h6-9,15,20H,3,5,10-12H2,1H3,(H,19,21)/t15-,17-/m0/s1. The lowest BCUT2D eigenvalue weighted by molar-refractivity contribution is -0.116. The number of aliphatic hydroxyl groups is 1. The first-order valence-corrected chi connectivity index (χ1v) is 7.19. The summed E-state index contributed by atoms with van der Waals surface area (Å²) in [6.07, 6.45) is 2.66. The molecule has 1 aliphatic carbocycles. The summed E-state index contributed by atoms with van der Waals surface area (Å²) < 4.78 is 13.0. The van der Waals surface area contributed by atoms with Gasteiger partial charge < -0.3 is 10.4 Å². The molecule has 1 fully saturated rings. The Balaban J connectivity index is 2.11. The van der Waals surface area contributed by atoms with E-state index in [4.69, 9.17) is 0 Å². The quantitative estimate of drug-likeness (QED) is 0.833. The summed E-state index contributed by atoms with van der Waals surface area (Å²) >= 11 is 0. The van der Waals surface area contributed by atoms with E-state index in [9.17, 15) is 14.3 Å². The topological polar surface area (TPSA) is 49.3 Å². The Kier molecular flexibility index (Phi) is 4.98. The fraction of sp³-hybridized carbons (Fsp3) is 0.471. The van der Waals surface area contributed by atoms with Gasteiger partial charge >= 0.3 is 0 Å². The van der Waals surface area contributed by atoms with E-state index in [1.165, 1.54) is 12.1 Å². The van der Waals surface area contributed by atoms with Crippen molar-refractivity contribution in [3.05, 3.63) is 35.6 Å². The van der Waals surface area contributed by atoms with Crippen LogP contribution in [0.5, 0.6) is 0 Å². The summed E-state index contributed by atoms with van der Waals surface area (Å²) in [6, 6.07) is 6.31. The Morgan fingerprint density at radius 1 is 1.48 bits per heavy atom. The molecule has 21 heavy (non-hydrogen) atoms. The molecule has 1 amide bonds. The number of hydrogen-bond donors (Lipinski definition) is 2. The van der Waals surface area contributed by atoms with E-state index < -0.39 is 6.10 Å². The molecule has 0 aromatic heterocycles. The third kappa shape index (κ3) is 3.83. The van der Waals surface area contributed by atoms with Crippen molar-refractivity contribution in [3.8, 4) is 11.8 Å². The maximum Gasteiger partial charge on any atom is 0.295 e. The molecule has 2 N–H and O–H groups in total. The molecule has 2 rings (SSSR count). The number of aliphatic hydroxyl groups excluding tert-OH is 1. The van der Waals surface area contributed by atoms with Gasteiger partial charge in [-0.2, -0.15) is 0 Å². The highest BCUT2D eigenvalue weighted by Gasteiger charge is 2.42. The second kappa shape index (κ2) is 6.73. The zero-order valence-electron chi connectivity index (χ0n) is 12.2. The zero-order valence-corrected chi connectivity index (χ0v) is 12.2.